The lowest BCUT2D eigenvalue weighted by Crippen LogP contribution is -2.33. The minimum absolute atomic E-state index is 0.736. The van der Waals surface area contributed by atoms with Gasteiger partial charge in [0.05, 0.1) is 6.61 Å². The van der Waals surface area contributed by atoms with Gasteiger partial charge < -0.3 is 9.64 Å². The highest BCUT2D eigenvalue weighted by Gasteiger charge is 2.44. The van der Waals surface area contributed by atoms with Crippen LogP contribution in [0.1, 0.15) is 50.3 Å². The van der Waals surface area contributed by atoms with Crippen molar-refractivity contribution < 1.29 is 30.9 Å². The third-order valence-electron chi connectivity index (χ3n) is 4.95. The van der Waals surface area contributed by atoms with Crippen LogP contribution in [0, 0.1) is 0 Å². The maximum atomic E-state index is 10.7. The van der Waals surface area contributed by atoms with E-state index in [1.54, 1.807) is 4.88 Å². The normalized spacial score (nSPS) is 16.3. The summed E-state index contributed by atoms with van der Waals surface area (Å²) in [6.45, 7) is 8.87. The van der Waals surface area contributed by atoms with Crippen molar-refractivity contribution in [3.63, 3.8) is 0 Å². The Morgan fingerprint density at radius 2 is 1.87 bits per heavy atom. The largest absolute Gasteiger partial charge is 0.522 e. The molecular weight excluding hydrogens is 439 g/mol. The molecule has 1 aliphatic rings. The first-order valence-electron chi connectivity index (χ1n) is 9.98. The second-order valence-electron chi connectivity index (χ2n) is 7.14. The Morgan fingerprint density at radius 3 is 2.40 bits per heavy atom. The van der Waals surface area contributed by atoms with Gasteiger partial charge in [-0.05, 0) is 69.9 Å². The standard InChI is InChI=1S/C19H27NOS.CHF3O3S/c1-3-5-11-20-12-9-15(10-13-20)19-14-16-17(21-4-2)7-6-8-18(16)22-19;2-1(3,4)8(5,6)7/h6-8,14-15H,3-5,9-13H2,1-2H3;(H,5,6,7). The number of rotatable bonds is 6. The van der Waals surface area contributed by atoms with Gasteiger partial charge in [-0.15, -0.1) is 11.3 Å². The lowest BCUT2D eigenvalue weighted by Gasteiger charge is -2.31. The Balaban J connectivity index is 0.000000343. The molecule has 5 nitrogen and oxygen atoms in total. The quantitative estimate of drug-likeness (QED) is 0.438. The smallest absolute Gasteiger partial charge is 0.493 e. The topological polar surface area (TPSA) is 66.8 Å². The molecule has 3 rings (SSSR count). The second kappa shape index (κ2) is 10.8. The Hall–Kier alpha value is -1.36. The van der Waals surface area contributed by atoms with Crippen LogP contribution in [0.2, 0.25) is 0 Å². The summed E-state index contributed by atoms with van der Waals surface area (Å²) in [4.78, 5) is 4.19. The first kappa shape index (κ1) is 24.9. The van der Waals surface area contributed by atoms with Gasteiger partial charge in [-0.25, -0.2) is 0 Å². The van der Waals surface area contributed by atoms with Crippen LogP contribution in [-0.4, -0.2) is 49.6 Å². The number of halogens is 3. The zero-order chi connectivity index (χ0) is 22.4. The van der Waals surface area contributed by atoms with Gasteiger partial charge in [0, 0.05) is 15.0 Å². The molecule has 0 amide bonds. The van der Waals surface area contributed by atoms with Crippen LogP contribution in [-0.2, 0) is 10.1 Å². The van der Waals surface area contributed by atoms with Crippen molar-refractivity contribution >= 4 is 31.5 Å². The van der Waals surface area contributed by atoms with Crippen molar-refractivity contribution in [2.75, 3.05) is 26.2 Å². The Kier molecular flexibility index (Phi) is 8.96. The fraction of sp³-hybridized carbons (Fsp3) is 0.600. The van der Waals surface area contributed by atoms with Crippen LogP contribution in [0.5, 0.6) is 5.75 Å². The summed E-state index contributed by atoms with van der Waals surface area (Å²) in [6, 6.07) is 8.82. The highest BCUT2D eigenvalue weighted by Crippen LogP contribution is 2.39. The van der Waals surface area contributed by atoms with Crippen molar-refractivity contribution in [1.29, 1.82) is 0 Å². The molecule has 2 heterocycles. The third-order valence-corrected chi connectivity index (χ3v) is 6.80. The SMILES string of the molecule is CCCCN1CCC(c2cc3c(OCC)cccc3s2)CC1.O=S(=O)(O)C(F)(F)F. The fourth-order valence-corrected chi connectivity index (χ4v) is 4.61. The molecule has 1 N–H and O–H groups in total. The number of hydrogen-bond acceptors (Lipinski definition) is 5. The fourth-order valence-electron chi connectivity index (χ4n) is 3.36. The molecule has 1 aromatic carbocycles. The van der Waals surface area contributed by atoms with E-state index in [1.165, 1.54) is 55.4 Å². The van der Waals surface area contributed by atoms with Crippen LogP contribution in [0.4, 0.5) is 13.2 Å². The summed E-state index contributed by atoms with van der Waals surface area (Å²) < 4.78 is 64.7. The third kappa shape index (κ3) is 6.83. The van der Waals surface area contributed by atoms with E-state index in [9.17, 15) is 13.2 Å². The van der Waals surface area contributed by atoms with E-state index in [0.717, 1.165) is 18.3 Å². The number of unbranched alkanes of at least 4 members (excludes halogenated alkanes) is 1. The molecule has 170 valence electrons. The summed E-state index contributed by atoms with van der Waals surface area (Å²) in [6.07, 6.45) is 5.25. The Bertz CT molecular complexity index is 904. The number of piperidine rings is 1. The molecule has 2 aromatic rings. The van der Waals surface area contributed by atoms with E-state index in [4.69, 9.17) is 17.7 Å². The average Bonchev–Trinajstić information content (AvgIpc) is 3.11. The molecule has 1 saturated heterocycles. The van der Waals surface area contributed by atoms with Crippen molar-refractivity contribution in [3.8, 4) is 5.75 Å². The van der Waals surface area contributed by atoms with Crippen molar-refractivity contribution in [1.82, 2.24) is 4.90 Å². The summed E-state index contributed by atoms with van der Waals surface area (Å²) >= 11 is 1.96. The predicted molar refractivity (Wildman–Crippen MR) is 114 cm³/mol. The first-order valence-corrected chi connectivity index (χ1v) is 12.2. The zero-order valence-corrected chi connectivity index (χ0v) is 18.7. The monoisotopic (exact) mass is 467 g/mol. The van der Waals surface area contributed by atoms with Gasteiger partial charge in [-0.1, -0.05) is 19.4 Å². The van der Waals surface area contributed by atoms with Crippen LogP contribution >= 0.6 is 11.3 Å². The summed E-state index contributed by atoms with van der Waals surface area (Å²) in [7, 11) is -5.84. The first-order chi connectivity index (χ1) is 14.1. The van der Waals surface area contributed by atoms with Crippen LogP contribution < -0.4 is 4.74 Å². The van der Waals surface area contributed by atoms with Gasteiger partial charge in [0.15, 0.2) is 0 Å². The molecule has 1 aliphatic heterocycles. The molecule has 0 spiro atoms. The van der Waals surface area contributed by atoms with Crippen LogP contribution in [0.25, 0.3) is 10.1 Å². The van der Waals surface area contributed by atoms with Crippen molar-refractivity contribution in [2.24, 2.45) is 0 Å². The molecule has 0 saturated carbocycles. The van der Waals surface area contributed by atoms with E-state index in [2.05, 4.69) is 43.0 Å². The van der Waals surface area contributed by atoms with Crippen LogP contribution in [0.3, 0.4) is 0 Å². The molecule has 10 heteroatoms. The summed E-state index contributed by atoms with van der Waals surface area (Å²) in [5.41, 5.74) is -5.53. The number of ether oxygens (including phenoxy) is 1. The van der Waals surface area contributed by atoms with E-state index >= 15 is 0 Å². The lowest BCUT2D eigenvalue weighted by atomic mass is 9.94. The van der Waals surface area contributed by atoms with E-state index < -0.39 is 15.6 Å². The second-order valence-corrected chi connectivity index (χ2v) is 9.67. The number of benzene rings is 1. The summed E-state index contributed by atoms with van der Waals surface area (Å²) in [5, 5.41) is 1.30. The number of likely N-dealkylation sites (tertiary alicyclic amines) is 1. The highest BCUT2D eigenvalue weighted by atomic mass is 32.2. The minimum atomic E-state index is -5.84. The zero-order valence-electron chi connectivity index (χ0n) is 17.1. The maximum absolute atomic E-state index is 10.7. The van der Waals surface area contributed by atoms with E-state index in [0.29, 0.717) is 0 Å². The highest BCUT2D eigenvalue weighted by molar-refractivity contribution is 7.86. The van der Waals surface area contributed by atoms with Crippen LogP contribution in [0.15, 0.2) is 24.3 Å². The van der Waals surface area contributed by atoms with Gasteiger partial charge in [0.1, 0.15) is 5.75 Å². The number of hydrogen-bond donors (Lipinski definition) is 1. The number of thiophene rings is 1. The number of alkyl halides is 3. The van der Waals surface area contributed by atoms with E-state index in [1.807, 2.05) is 11.3 Å². The molecule has 1 aromatic heterocycles. The molecule has 1 fully saturated rings. The van der Waals surface area contributed by atoms with Gasteiger partial charge in [0.2, 0.25) is 0 Å². The summed E-state index contributed by atoms with van der Waals surface area (Å²) in [5.74, 6) is 1.78. The minimum Gasteiger partial charge on any atom is -0.493 e. The Morgan fingerprint density at radius 1 is 1.23 bits per heavy atom. The Labute approximate surface area is 179 Å². The van der Waals surface area contributed by atoms with Crippen molar-refractivity contribution in [2.45, 2.75) is 51.0 Å². The maximum Gasteiger partial charge on any atom is 0.522 e. The lowest BCUT2D eigenvalue weighted by molar-refractivity contribution is -0.0510. The number of nitrogens with zero attached hydrogens (tertiary/aromatic N) is 1. The predicted octanol–water partition coefficient (Wildman–Crippen LogP) is 5.67. The molecule has 30 heavy (non-hydrogen) atoms. The molecule has 0 unspecified atom stereocenters. The average molecular weight is 468 g/mol. The number of fused-ring (bicyclic) bond motifs is 1. The van der Waals surface area contributed by atoms with Gasteiger partial charge >= 0.3 is 15.6 Å². The van der Waals surface area contributed by atoms with Gasteiger partial charge in [0.25, 0.3) is 0 Å². The molecular formula is C20H28F3NO4S2. The molecule has 0 radical (unpaired) electrons. The van der Waals surface area contributed by atoms with Crippen molar-refractivity contribution in [3.05, 3.63) is 29.1 Å². The molecule has 0 atom stereocenters. The van der Waals surface area contributed by atoms with Gasteiger partial charge in [-0.3, -0.25) is 4.55 Å². The van der Waals surface area contributed by atoms with E-state index in [-0.39, 0.29) is 0 Å². The molecule has 0 aliphatic carbocycles. The van der Waals surface area contributed by atoms with Gasteiger partial charge in [-0.2, -0.15) is 21.6 Å². The molecule has 0 bridgehead atoms.